The molecule has 0 fully saturated rings. The van der Waals surface area contributed by atoms with E-state index < -0.39 is 0 Å². The van der Waals surface area contributed by atoms with E-state index >= 15 is 0 Å². The van der Waals surface area contributed by atoms with Gasteiger partial charge in [-0.05, 0) is 18.7 Å². The van der Waals surface area contributed by atoms with Gasteiger partial charge in [-0.1, -0.05) is 12.2 Å². The fourth-order valence-corrected chi connectivity index (χ4v) is 0.835. The van der Waals surface area contributed by atoms with Crippen LogP contribution in [0.25, 0.3) is 0 Å². The third-order valence-corrected chi connectivity index (χ3v) is 1.43. The van der Waals surface area contributed by atoms with Crippen molar-refractivity contribution >= 4 is 0 Å². The Kier molecular flexibility index (Phi) is 2.11. The average Bonchev–Trinajstić information content (AvgIpc) is 1.95. The predicted molar refractivity (Wildman–Crippen MR) is 40.1 cm³/mol. The standard InChI is InChI=1S/C8H10N2/c1-7-2-3-8(4-5-9)10-6-7/h2-3,6,8,10H,4H2,1H3. The van der Waals surface area contributed by atoms with Gasteiger partial charge in [-0.15, -0.1) is 0 Å². The van der Waals surface area contributed by atoms with Crippen LogP contribution in [-0.4, -0.2) is 6.04 Å². The maximum Gasteiger partial charge on any atom is 0.0646 e. The van der Waals surface area contributed by atoms with E-state index in [0.29, 0.717) is 6.42 Å². The smallest absolute Gasteiger partial charge is 0.0646 e. The Hall–Kier alpha value is -1.23. The molecule has 0 aliphatic carbocycles. The Balaban J connectivity index is 2.46. The van der Waals surface area contributed by atoms with Gasteiger partial charge in [0.15, 0.2) is 0 Å². The molecular formula is C8H10N2. The topological polar surface area (TPSA) is 35.8 Å². The van der Waals surface area contributed by atoms with Gasteiger partial charge in [0.05, 0.1) is 18.5 Å². The normalized spacial score (nSPS) is 22.8. The first kappa shape index (κ1) is 6.88. The van der Waals surface area contributed by atoms with Gasteiger partial charge in [0.25, 0.3) is 0 Å². The van der Waals surface area contributed by atoms with Gasteiger partial charge in [-0.3, -0.25) is 0 Å². The summed E-state index contributed by atoms with van der Waals surface area (Å²) in [6.45, 7) is 2.02. The maximum absolute atomic E-state index is 8.34. The molecule has 0 saturated carbocycles. The number of nitriles is 1. The Bertz CT molecular complexity index is 208. The first-order valence-corrected chi connectivity index (χ1v) is 3.31. The molecule has 10 heavy (non-hydrogen) atoms. The fraction of sp³-hybridized carbons (Fsp3) is 0.375. The van der Waals surface area contributed by atoms with Crippen molar-refractivity contribution in [1.29, 1.82) is 5.26 Å². The van der Waals surface area contributed by atoms with Crippen molar-refractivity contribution in [1.82, 2.24) is 5.32 Å². The van der Waals surface area contributed by atoms with Crippen LogP contribution in [0.5, 0.6) is 0 Å². The van der Waals surface area contributed by atoms with Crippen LogP contribution in [0.15, 0.2) is 23.9 Å². The van der Waals surface area contributed by atoms with Crippen molar-refractivity contribution in [2.24, 2.45) is 0 Å². The second-order valence-electron chi connectivity index (χ2n) is 2.38. The van der Waals surface area contributed by atoms with E-state index in [1.54, 1.807) is 0 Å². The van der Waals surface area contributed by atoms with Crippen molar-refractivity contribution in [3.63, 3.8) is 0 Å². The molecule has 0 bridgehead atoms. The van der Waals surface area contributed by atoms with Crippen LogP contribution in [0.1, 0.15) is 13.3 Å². The third-order valence-electron chi connectivity index (χ3n) is 1.43. The van der Waals surface area contributed by atoms with Gasteiger partial charge < -0.3 is 5.32 Å². The molecule has 1 N–H and O–H groups in total. The summed E-state index contributed by atoms with van der Waals surface area (Å²) in [6, 6.07) is 2.33. The molecule has 0 aromatic heterocycles. The molecule has 1 rings (SSSR count). The minimum absolute atomic E-state index is 0.216. The minimum Gasteiger partial charge on any atom is -0.383 e. The number of nitrogens with one attached hydrogen (secondary N) is 1. The van der Waals surface area contributed by atoms with Crippen LogP contribution in [0.4, 0.5) is 0 Å². The summed E-state index contributed by atoms with van der Waals surface area (Å²) in [7, 11) is 0. The van der Waals surface area contributed by atoms with Crippen molar-refractivity contribution in [3.8, 4) is 6.07 Å². The van der Waals surface area contributed by atoms with Gasteiger partial charge in [-0.25, -0.2) is 0 Å². The van der Waals surface area contributed by atoms with E-state index in [1.165, 1.54) is 5.57 Å². The molecule has 0 radical (unpaired) electrons. The number of allylic oxidation sites excluding steroid dienone is 2. The molecule has 1 unspecified atom stereocenters. The van der Waals surface area contributed by atoms with E-state index in [0.717, 1.165) is 0 Å². The van der Waals surface area contributed by atoms with E-state index in [1.807, 2.05) is 25.3 Å². The summed E-state index contributed by atoms with van der Waals surface area (Å²) in [5.74, 6) is 0. The van der Waals surface area contributed by atoms with Gasteiger partial charge in [0, 0.05) is 0 Å². The maximum atomic E-state index is 8.34. The molecule has 2 nitrogen and oxygen atoms in total. The molecule has 0 aromatic rings. The highest BCUT2D eigenvalue weighted by Gasteiger charge is 2.03. The predicted octanol–water partition coefficient (Wildman–Crippen LogP) is 1.33. The lowest BCUT2D eigenvalue weighted by molar-refractivity contribution is 0.703. The zero-order valence-corrected chi connectivity index (χ0v) is 5.96. The van der Waals surface area contributed by atoms with Gasteiger partial charge >= 0.3 is 0 Å². The molecule has 0 spiro atoms. The highest BCUT2D eigenvalue weighted by molar-refractivity contribution is 5.22. The van der Waals surface area contributed by atoms with E-state index in [4.69, 9.17) is 5.26 Å². The Morgan fingerprint density at radius 1 is 1.80 bits per heavy atom. The molecule has 1 heterocycles. The summed E-state index contributed by atoms with van der Waals surface area (Å²) in [5.41, 5.74) is 1.20. The van der Waals surface area contributed by atoms with E-state index in [2.05, 4.69) is 11.4 Å². The van der Waals surface area contributed by atoms with Crippen molar-refractivity contribution in [3.05, 3.63) is 23.9 Å². The number of hydrogen-bond acceptors (Lipinski definition) is 2. The SMILES string of the molecule is CC1=CNC(CC#N)C=C1. The highest BCUT2D eigenvalue weighted by Crippen LogP contribution is 2.04. The van der Waals surface area contributed by atoms with E-state index in [9.17, 15) is 0 Å². The molecule has 1 aliphatic heterocycles. The second kappa shape index (κ2) is 3.07. The Labute approximate surface area is 60.9 Å². The summed E-state index contributed by atoms with van der Waals surface area (Å²) in [4.78, 5) is 0. The lowest BCUT2D eigenvalue weighted by Crippen LogP contribution is -2.23. The van der Waals surface area contributed by atoms with Gasteiger partial charge in [0.1, 0.15) is 0 Å². The number of dihydropyridines is 1. The van der Waals surface area contributed by atoms with Crippen LogP contribution in [0, 0.1) is 11.3 Å². The van der Waals surface area contributed by atoms with E-state index in [-0.39, 0.29) is 6.04 Å². The van der Waals surface area contributed by atoms with Crippen LogP contribution in [-0.2, 0) is 0 Å². The first-order valence-electron chi connectivity index (χ1n) is 3.31. The average molecular weight is 134 g/mol. The first-order chi connectivity index (χ1) is 4.83. The zero-order valence-electron chi connectivity index (χ0n) is 5.96. The Morgan fingerprint density at radius 2 is 2.60 bits per heavy atom. The zero-order chi connectivity index (χ0) is 7.40. The van der Waals surface area contributed by atoms with Crippen LogP contribution in [0.3, 0.4) is 0 Å². The second-order valence-corrected chi connectivity index (χ2v) is 2.38. The summed E-state index contributed by atoms with van der Waals surface area (Å²) >= 11 is 0. The highest BCUT2D eigenvalue weighted by atomic mass is 14.9. The summed E-state index contributed by atoms with van der Waals surface area (Å²) in [5, 5.41) is 11.4. The molecule has 0 aromatic carbocycles. The fourth-order valence-electron chi connectivity index (χ4n) is 0.835. The van der Waals surface area contributed by atoms with Gasteiger partial charge in [0.2, 0.25) is 0 Å². The largest absolute Gasteiger partial charge is 0.383 e. The number of nitrogens with zero attached hydrogens (tertiary/aromatic N) is 1. The van der Waals surface area contributed by atoms with Crippen molar-refractivity contribution in [2.75, 3.05) is 0 Å². The van der Waals surface area contributed by atoms with Crippen molar-refractivity contribution in [2.45, 2.75) is 19.4 Å². The minimum atomic E-state index is 0.216. The van der Waals surface area contributed by atoms with Gasteiger partial charge in [-0.2, -0.15) is 5.26 Å². The quantitative estimate of drug-likeness (QED) is 0.587. The van der Waals surface area contributed by atoms with Crippen LogP contribution in [0.2, 0.25) is 0 Å². The van der Waals surface area contributed by atoms with Crippen LogP contribution >= 0.6 is 0 Å². The molecule has 2 heteroatoms. The Morgan fingerprint density at radius 3 is 3.10 bits per heavy atom. The number of rotatable bonds is 1. The lowest BCUT2D eigenvalue weighted by atomic mass is 10.1. The molecule has 0 saturated heterocycles. The number of hydrogen-bond donors (Lipinski definition) is 1. The lowest BCUT2D eigenvalue weighted by Gasteiger charge is -2.13. The molecule has 1 aliphatic rings. The molecule has 1 atom stereocenters. The van der Waals surface area contributed by atoms with Crippen molar-refractivity contribution < 1.29 is 0 Å². The molecule has 52 valence electrons. The molecule has 0 amide bonds. The molecular weight excluding hydrogens is 124 g/mol. The summed E-state index contributed by atoms with van der Waals surface area (Å²) in [6.07, 6.45) is 6.51. The monoisotopic (exact) mass is 134 g/mol. The third kappa shape index (κ3) is 1.63. The van der Waals surface area contributed by atoms with Crippen LogP contribution < -0.4 is 5.32 Å². The summed E-state index contributed by atoms with van der Waals surface area (Å²) < 4.78 is 0.